The lowest BCUT2D eigenvalue weighted by Crippen LogP contribution is -2.69. The largest absolute Gasteiger partial charge is 0.458 e. The molecular formula is C101H163NO24. The van der Waals surface area contributed by atoms with Gasteiger partial charge in [0, 0.05) is 102 Å². The molecule has 20 aliphatic carbocycles. The highest BCUT2D eigenvalue weighted by Gasteiger charge is 2.74. The highest BCUT2D eigenvalue weighted by Crippen LogP contribution is 2.68. The second-order valence-corrected chi connectivity index (χ2v) is 47.4. The molecule has 0 spiro atoms. The van der Waals surface area contributed by atoms with E-state index in [1.54, 1.807) is 0 Å². The number of rotatable bonds is 31. The minimum absolute atomic E-state index is 0.0766. The van der Waals surface area contributed by atoms with Crippen molar-refractivity contribution >= 4 is 35.8 Å². The average molecular weight is 1780 g/mol. The van der Waals surface area contributed by atoms with Gasteiger partial charge in [-0.3, -0.25) is 28.8 Å². The molecule has 0 aromatic carbocycles. The molecule has 0 radical (unpaired) electrons. The molecule has 21 aliphatic rings. The van der Waals surface area contributed by atoms with Gasteiger partial charge in [-0.1, -0.05) is 73.1 Å². The first kappa shape index (κ1) is 99.3. The third-order valence-corrected chi connectivity index (χ3v) is 34.3. The van der Waals surface area contributed by atoms with Crippen LogP contribution in [0.2, 0.25) is 0 Å². The molecular weight excluding hydrogens is 1610 g/mol. The molecule has 25 heteroatoms. The van der Waals surface area contributed by atoms with E-state index < -0.39 is 101 Å². The Morgan fingerprint density at radius 1 is 0.405 bits per heavy atom. The Bertz CT molecular complexity index is 3720. The first-order chi connectivity index (χ1) is 58.8. The summed E-state index contributed by atoms with van der Waals surface area (Å²) in [5, 5.41) is 51.9. The summed E-state index contributed by atoms with van der Waals surface area (Å²) in [7, 11) is 0. The van der Waals surface area contributed by atoms with Crippen LogP contribution < -0.4 is 0 Å². The van der Waals surface area contributed by atoms with Crippen molar-refractivity contribution in [1.82, 2.24) is 0 Å². The van der Waals surface area contributed by atoms with Crippen LogP contribution in [0.15, 0.2) is 0 Å². The molecule has 15 atom stereocenters. The Labute approximate surface area is 752 Å². The summed E-state index contributed by atoms with van der Waals surface area (Å²) in [6, 6.07) is 2.15. The van der Waals surface area contributed by atoms with E-state index in [4.69, 9.17) is 66.3 Å². The van der Waals surface area contributed by atoms with E-state index in [0.717, 1.165) is 161 Å². The van der Waals surface area contributed by atoms with Crippen molar-refractivity contribution in [3.05, 3.63) is 0 Å². The molecule has 20 saturated carbocycles. The van der Waals surface area contributed by atoms with Gasteiger partial charge in [-0.15, -0.1) is 0 Å². The van der Waals surface area contributed by atoms with E-state index in [-0.39, 0.29) is 83.4 Å². The number of hydrogen-bond acceptors (Lipinski definition) is 25. The summed E-state index contributed by atoms with van der Waals surface area (Å²) in [5.41, 5.74) is -10.7. The van der Waals surface area contributed by atoms with Crippen molar-refractivity contribution in [2.75, 3.05) is 26.8 Å². The summed E-state index contributed by atoms with van der Waals surface area (Å²) in [4.78, 5) is 75.3. The molecule has 1 saturated heterocycles. The number of esters is 6. The fourth-order valence-corrected chi connectivity index (χ4v) is 27.7. The number of carbonyl (C=O) groups excluding carboxylic acids is 6. The summed E-state index contributed by atoms with van der Waals surface area (Å²) >= 11 is 0. The third kappa shape index (κ3) is 21.2. The van der Waals surface area contributed by atoms with Crippen molar-refractivity contribution < 1.29 is 116 Å². The molecule has 126 heavy (non-hydrogen) atoms. The van der Waals surface area contributed by atoms with Gasteiger partial charge in [0.2, 0.25) is 0 Å². The Kier molecular flexibility index (Phi) is 28.8. The standard InChI is InChI=1S/C30H50O6.C24H42O6.2C16H26O4.C15H19NO4/c1-4-27(2,3)26(31)36-30-17-23-15-28(19-30,34-21-32-24-11-7-5-8-12-24)18-29(16-23,20-30)35-22-33-25-13-9-6-10-14-25;1-8-21(6,7)20(25)30-24-13-19-11-22(15-24,28-17(4)26-9-2)14-23(12-19,16-24)29-18(5)27-10-3;2*1-4-13(2,3)12(17)20-16-7-11-5-14(18,9-16)8-15(19,6-11)10-16;1-4-14(2,3)12(17)19-10-8-5-9-11(10)20-13(18)15(9,6-8)7-16/h23-25H,4-22H2,1-3H3;17-19H,8-16H2,1-7H3;2*11,18-19H,4-10H2,1-3H3;8-11H,4-6H2,1-3H3. The van der Waals surface area contributed by atoms with Gasteiger partial charge in [0.05, 0.1) is 90.2 Å². The fraction of sp³-hybridized carbons (Fsp3) is 0.931. The second kappa shape index (κ2) is 36.6. The fourth-order valence-electron chi connectivity index (χ4n) is 27.7. The SMILES string of the molecule is CCC(C)(C)C(=O)OC12CC3CC(O)(CC(O)(C3)C1)C2.CCC(C)(C)C(=O)OC12CC3CC(O)(CC(O)(C3)C1)C2.CCC(C)(C)C(=O)OC12CC3CC(OCOC4CCCCC4)(CC(OCOC4CCCCC4)(C3)C1)C2.CCC(C)(C)C(=O)OC1C2CC3C1OC(=O)C3(C#N)C2.CCOC(C)OC12CC3CC(OC(=O)C(C)(C)CC)(C1)CC(OC(C)OCC)(C3)C2. The summed E-state index contributed by atoms with van der Waals surface area (Å²) in [6.45, 7) is 38.9. The number of fused-ring (bicyclic) bond motifs is 1. The maximum atomic E-state index is 13.3. The van der Waals surface area contributed by atoms with Gasteiger partial charge in [0.1, 0.15) is 48.2 Å². The normalized spacial score (nSPS) is 40.9. The molecule has 1 heterocycles. The van der Waals surface area contributed by atoms with Gasteiger partial charge < -0.3 is 86.7 Å². The molecule has 15 unspecified atom stereocenters. The van der Waals surface area contributed by atoms with E-state index in [0.29, 0.717) is 115 Å². The van der Waals surface area contributed by atoms with Crippen LogP contribution >= 0.6 is 0 Å². The van der Waals surface area contributed by atoms with Gasteiger partial charge >= 0.3 is 35.8 Å². The molecule has 21 fully saturated rings. The lowest BCUT2D eigenvalue weighted by molar-refractivity contribution is -0.334. The molecule has 18 bridgehead atoms. The van der Waals surface area contributed by atoms with E-state index >= 15 is 0 Å². The minimum Gasteiger partial charge on any atom is -0.458 e. The van der Waals surface area contributed by atoms with Crippen LogP contribution in [0.3, 0.4) is 0 Å². The molecule has 716 valence electrons. The van der Waals surface area contributed by atoms with Crippen LogP contribution in [0, 0.1) is 79.3 Å². The van der Waals surface area contributed by atoms with Crippen LogP contribution in [0.25, 0.3) is 0 Å². The van der Waals surface area contributed by atoms with Crippen LogP contribution in [-0.4, -0.2) is 187 Å². The second-order valence-electron chi connectivity index (χ2n) is 47.4. The third-order valence-electron chi connectivity index (χ3n) is 34.3. The zero-order chi connectivity index (χ0) is 91.8. The van der Waals surface area contributed by atoms with E-state index in [9.17, 15) is 54.5 Å². The van der Waals surface area contributed by atoms with Crippen LogP contribution in [-0.2, 0) is 95.1 Å². The number of aliphatic hydroxyl groups is 4. The summed E-state index contributed by atoms with van der Waals surface area (Å²) < 4.78 is 85.8. The zero-order valence-electron chi connectivity index (χ0n) is 80.6. The van der Waals surface area contributed by atoms with E-state index in [2.05, 4.69) is 13.0 Å². The number of nitriles is 1. The molecule has 0 aromatic rings. The first-order valence-corrected chi connectivity index (χ1v) is 49.6. The zero-order valence-corrected chi connectivity index (χ0v) is 80.6. The Balaban J connectivity index is 0.000000138. The van der Waals surface area contributed by atoms with Crippen molar-refractivity contribution in [3.8, 4) is 6.07 Å². The van der Waals surface area contributed by atoms with Crippen LogP contribution in [0.5, 0.6) is 0 Å². The quantitative estimate of drug-likeness (QED) is 0.0284. The predicted octanol–water partition coefficient (Wildman–Crippen LogP) is 17.9. The maximum Gasteiger partial charge on any atom is 0.327 e. The van der Waals surface area contributed by atoms with Crippen molar-refractivity contribution in [3.63, 3.8) is 0 Å². The molecule has 1 aliphatic heterocycles. The van der Waals surface area contributed by atoms with Crippen LogP contribution in [0.1, 0.15) is 395 Å². The van der Waals surface area contributed by atoms with Crippen molar-refractivity contribution in [2.24, 2.45) is 68.0 Å². The van der Waals surface area contributed by atoms with Gasteiger partial charge in [-0.2, -0.15) is 5.26 Å². The first-order valence-electron chi connectivity index (χ1n) is 49.6. The number of hydrogen-bond donors (Lipinski definition) is 4. The smallest absolute Gasteiger partial charge is 0.327 e. The van der Waals surface area contributed by atoms with Gasteiger partial charge in [-0.05, 0) is 268 Å². The Hall–Kier alpha value is -4.17. The van der Waals surface area contributed by atoms with Crippen molar-refractivity contribution in [2.45, 2.75) is 499 Å². The topological polar surface area (TPSA) is 336 Å². The highest BCUT2D eigenvalue weighted by atomic mass is 16.7. The van der Waals surface area contributed by atoms with E-state index in [1.807, 2.05) is 125 Å². The Morgan fingerprint density at radius 3 is 1.02 bits per heavy atom. The Morgan fingerprint density at radius 2 is 0.698 bits per heavy atom. The number of carbonyl (C=O) groups is 6. The minimum atomic E-state index is -0.974. The average Bonchev–Trinajstić information content (AvgIpc) is 0.962. The lowest BCUT2D eigenvalue weighted by atomic mass is 9.50. The van der Waals surface area contributed by atoms with Gasteiger partial charge in [-0.25, -0.2) is 0 Å². The van der Waals surface area contributed by atoms with Crippen LogP contribution in [0.4, 0.5) is 0 Å². The maximum absolute atomic E-state index is 13.3. The molecule has 0 aromatic heterocycles. The van der Waals surface area contributed by atoms with Gasteiger partial charge in [0.25, 0.3) is 0 Å². The molecule has 4 N–H and O–H groups in total. The summed E-state index contributed by atoms with van der Waals surface area (Å²) in [5.74, 6) is 0.0849. The molecule has 25 nitrogen and oxygen atoms in total. The van der Waals surface area contributed by atoms with E-state index in [1.165, 1.54) is 38.5 Å². The molecule has 0 amide bonds. The molecule has 21 rings (SSSR count). The monoisotopic (exact) mass is 1770 g/mol. The number of ether oxygens (including phenoxy) is 14. The number of nitrogens with zero attached hydrogens (tertiary/aromatic N) is 1. The lowest BCUT2D eigenvalue weighted by Gasteiger charge is -2.65. The predicted molar refractivity (Wildman–Crippen MR) is 467 cm³/mol. The summed E-state index contributed by atoms with van der Waals surface area (Å²) in [6.07, 6.45) is 34.0. The van der Waals surface area contributed by atoms with Gasteiger partial charge in [0.15, 0.2) is 18.0 Å². The highest BCUT2D eigenvalue weighted by molar-refractivity contribution is 5.85. The van der Waals surface area contributed by atoms with Crippen molar-refractivity contribution in [1.29, 1.82) is 5.26 Å².